The number of fused-ring (bicyclic) bond motifs is 2. The van der Waals surface area contributed by atoms with Gasteiger partial charge in [-0.15, -0.1) is 0 Å². The molecule has 0 aromatic heterocycles. The number of carbonyl (C=O) groups excluding carboxylic acids is 2. The smallest absolute Gasteiger partial charge is 0.262 e. The van der Waals surface area contributed by atoms with Crippen LogP contribution in [-0.4, -0.2) is 38.1 Å². The Labute approximate surface area is 169 Å². The van der Waals surface area contributed by atoms with E-state index in [1.807, 2.05) is 31.2 Å². The summed E-state index contributed by atoms with van der Waals surface area (Å²) in [7, 11) is -3.76. The summed E-state index contributed by atoms with van der Waals surface area (Å²) in [5.41, 5.74) is 2.26. The third-order valence-corrected chi connectivity index (χ3v) is 7.52. The van der Waals surface area contributed by atoms with Gasteiger partial charge in [0, 0.05) is 18.2 Å². The van der Waals surface area contributed by atoms with Crippen molar-refractivity contribution in [3.05, 3.63) is 48.0 Å². The van der Waals surface area contributed by atoms with Crippen molar-refractivity contribution in [2.24, 2.45) is 0 Å². The van der Waals surface area contributed by atoms with E-state index in [1.54, 1.807) is 4.90 Å². The minimum Gasteiger partial charge on any atom is -0.482 e. The molecule has 2 amide bonds. The lowest BCUT2D eigenvalue weighted by molar-refractivity contribution is -0.119. The van der Waals surface area contributed by atoms with Gasteiger partial charge in [0.25, 0.3) is 5.91 Å². The molecule has 2 heterocycles. The number of ether oxygens (including phenoxy) is 1. The molecule has 2 aromatic rings. The average molecular weight is 414 g/mol. The monoisotopic (exact) mass is 414 g/mol. The predicted octanol–water partition coefficient (Wildman–Crippen LogP) is 2.55. The SMILES string of the molecule is CC1Cc2ccccc2N1C(=O)CC(C)S(=O)(=O)c1ccc2c(c1)NC(=O)CO2. The van der Waals surface area contributed by atoms with Crippen LogP contribution in [0.2, 0.25) is 0 Å². The van der Waals surface area contributed by atoms with Crippen molar-refractivity contribution >= 4 is 33.0 Å². The van der Waals surface area contributed by atoms with E-state index in [2.05, 4.69) is 5.32 Å². The van der Waals surface area contributed by atoms with E-state index in [-0.39, 0.29) is 35.8 Å². The lowest BCUT2D eigenvalue weighted by Crippen LogP contribution is -2.38. The molecule has 2 aliphatic rings. The molecule has 7 nitrogen and oxygen atoms in total. The number of amides is 2. The molecule has 2 atom stereocenters. The minimum atomic E-state index is -3.76. The van der Waals surface area contributed by atoms with Gasteiger partial charge in [-0.2, -0.15) is 0 Å². The number of hydrogen-bond donors (Lipinski definition) is 1. The van der Waals surface area contributed by atoms with Crippen LogP contribution in [0, 0.1) is 0 Å². The molecule has 2 aliphatic heterocycles. The van der Waals surface area contributed by atoms with Crippen molar-refractivity contribution in [2.45, 2.75) is 42.9 Å². The Kier molecular flexibility index (Phi) is 4.82. The van der Waals surface area contributed by atoms with Crippen LogP contribution in [0.5, 0.6) is 5.75 Å². The summed E-state index contributed by atoms with van der Waals surface area (Å²) in [4.78, 5) is 26.2. The fraction of sp³-hybridized carbons (Fsp3) is 0.333. The number of nitrogens with one attached hydrogen (secondary N) is 1. The van der Waals surface area contributed by atoms with Gasteiger partial charge in [-0.1, -0.05) is 18.2 Å². The van der Waals surface area contributed by atoms with Crippen LogP contribution in [0.15, 0.2) is 47.4 Å². The molecular formula is C21H22N2O5S. The van der Waals surface area contributed by atoms with Crippen molar-refractivity contribution in [3.8, 4) is 5.75 Å². The molecule has 2 unspecified atom stereocenters. The largest absolute Gasteiger partial charge is 0.482 e. The molecule has 8 heteroatoms. The van der Waals surface area contributed by atoms with Gasteiger partial charge in [0.2, 0.25) is 5.91 Å². The third-order valence-electron chi connectivity index (χ3n) is 5.38. The second-order valence-corrected chi connectivity index (χ2v) is 9.87. The number of nitrogens with zero attached hydrogens (tertiary/aromatic N) is 1. The highest BCUT2D eigenvalue weighted by atomic mass is 32.2. The maximum Gasteiger partial charge on any atom is 0.262 e. The van der Waals surface area contributed by atoms with E-state index in [1.165, 1.54) is 25.1 Å². The van der Waals surface area contributed by atoms with Gasteiger partial charge in [-0.3, -0.25) is 9.59 Å². The maximum atomic E-state index is 13.1. The van der Waals surface area contributed by atoms with E-state index in [9.17, 15) is 18.0 Å². The molecule has 0 aliphatic carbocycles. The molecular weight excluding hydrogens is 392 g/mol. The summed E-state index contributed by atoms with van der Waals surface area (Å²) >= 11 is 0. The van der Waals surface area contributed by atoms with Crippen molar-refractivity contribution in [1.82, 2.24) is 0 Å². The molecule has 0 spiro atoms. The molecule has 0 saturated heterocycles. The molecule has 2 aromatic carbocycles. The summed E-state index contributed by atoms with van der Waals surface area (Å²) in [5.74, 6) is -0.125. The molecule has 0 bridgehead atoms. The number of sulfone groups is 1. The van der Waals surface area contributed by atoms with E-state index in [0.29, 0.717) is 11.4 Å². The van der Waals surface area contributed by atoms with Gasteiger partial charge >= 0.3 is 0 Å². The lowest BCUT2D eigenvalue weighted by Gasteiger charge is -2.25. The van der Waals surface area contributed by atoms with Gasteiger partial charge in [0.1, 0.15) is 5.75 Å². The molecule has 29 heavy (non-hydrogen) atoms. The van der Waals surface area contributed by atoms with Crippen LogP contribution in [0.4, 0.5) is 11.4 Å². The Morgan fingerprint density at radius 2 is 2.03 bits per heavy atom. The second-order valence-electron chi connectivity index (χ2n) is 7.50. The maximum absolute atomic E-state index is 13.1. The van der Waals surface area contributed by atoms with Crippen LogP contribution in [0.25, 0.3) is 0 Å². The Balaban J connectivity index is 1.55. The first-order valence-electron chi connectivity index (χ1n) is 9.48. The van der Waals surface area contributed by atoms with Crippen LogP contribution < -0.4 is 15.0 Å². The van der Waals surface area contributed by atoms with Crippen LogP contribution in [-0.2, 0) is 25.8 Å². The highest BCUT2D eigenvalue weighted by Gasteiger charge is 2.34. The zero-order valence-electron chi connectivity index (χ0n) is 16.2. The molecule has 0 fully saturated rings. The summed E-state index contributed by atoms with van der Waals surface area (Å²) in [5, 5.41) is 1.70. The number of para-hydroxylation sites is 1. The van der Waals surface area contributed by atoms with Crippen molar-refractivity contribution < 1.29 is 22.7 Å². The molecule has 0 saturated carbocycles. The third kappa shape index (κ3) is 3.48. The zero-order valence-corrected chi connectivity index (χ0v) is 17.0. The average Bonchev–Trinajstić information content (AvgIpc) is 3.02. The number of hydrogen-bond acceptors (Lipinski definition) is 5. The molecule has 0 radical (unpaired) electrons. The predicted molar refractivity (Wildman–Crippen MR) is 109 cm³/mol. The molecule has 152 valence electrons. The lowest BCUT2D eigenvalue weighted by atomic mass is 10.1. The Morgan fingerprint density at radius 1 is 1.28 bits per heavy atom. The fourth-order valence-corrected chi connectivity index (χ4v) is 5.24. The molecule has 1 N–H and O–H groups in total. The van der Waals surface area contributed by atoms with Crippen molar-refractivity contribution in [1.29, 1.82) is 0 Å². The van der Waals surface area contributed by atoms with E-state index in [4.69, 9.17) is 4.74 Å². The highest BCUT2D eigenvalue weighted by Crippen LogP contribution is 2.34. The summed E-state index contributed by atoms with van der Waals surface area (Å²) in [6.45, 7) is 3.40. The summed E-state index contributed by atoms with van der Waals surface area (Å²) in [6.07, 6.45) is 0.633. The first-order chi connectivity index (χ1) is 13.8. The summed E-state index contributed by atoms with van der Waals surface area (Å²) in [6, 6.07) is 12.0. The Bertz CT molecular complexity index is 1100. The number of anilines is 2. The summed E-state index contributed by atoms with van der Waals surface area (Å²) < 4.78 is 31.4. The van der Waals surface area contributed by atoms with Crippen LogP contribution in [0.3, 0.4) is 0 Å². The molecule has 4 rings (SSSR count). The van der Waals surface area contributed by atoms with E-state index >= 15 is 0 Å². The number of rotatable bonds is 4. The fourth-order valence-electron chi connectivity index (χ4n) is 3.87. The Hall–Kier alpha value is -2.87. The van der Waals surface area contributed by atoms with Crippen molar-refractivity contribution in [3.63, 3.8) is 0 Å². The van der Waals surface area contributed by atoms with Gasteiger partial charge in [0.05, 0.1) is 15.8 Å². The quantitative estimate of drug-likeness (QED) is 0.830. The van der Waals surface area contributed by atoms with Gasteiger partial charge in [0.15, 0.2) is 16.4 Å². The van der Waals surface area contributed by atoms with Gasteiger partial charge in [-0.05, 0) is 50.1 Å². The van der Waals surface area contributed by atoms with Crippen LogP contribution in [0.1, 0.15) is 25.8 Å². The Morgan fingerprint density at radius 3 is 2.83 bits per heavy atom. The topological polar surface area (TPSA) is 92.8 Å². The standard InChI is InChI=1S/C21H22N2O5S/c1-13-9-15-5-3-4-6-18(15)23(13)21(25)10-14(2)29(26,27)16-7-8-19-17(11-16)22-20(24)12-28-19/h3-8,11,13-14H,9-10,12H2,1-2H3,(H,22,24). The van der Waals surface area contributed by atoms with Crippen LogP contribution >= 0.6 is 0 Å². The minimum absolute atomic E-state index is 0.00842. The normalized spacial score (nSPS) is 19.0. The van der Waals surface area contributed by atoms with Gasteiger partial charge < -0.3 is 15.0 Å². The van der Waals surface area contributed by atoms with Crippen molar-refractivity contribution in [2.75, 3.05) is 16.8 Å². The highest BCUT2D eigenvalue weighted by molar-refractivity contribution is 7.92. The van der Waals surface area contributed by atoms with Gasteiger partial charge in [-0.25, -0.2) is 8.42 Å². The number of benzene rings is 2. The first-order valence-corrected chi connectivity index (χ1v) is 11.0. The first kappa shape index (κ1) is 19.4. The number of carbonyl (C=O) groups is 2. The van der Waals surface area contributed by atoms with E-state index < -0.39 is 15.1 Å². The van der Waals surface area contributed by atoms with E-state index in [0.717, 1.165) is 17.7 Å². The zero-order chi connectivity index (χ0) is 20.8. The second kappa shape index (κ2) is 7.18.